The molecule has 0 saturated carbocycles. The van der Waals surface area contributed by atoms with Gasteiger partial charge >= 0.3 is 12.1 Å². The molecule has 0 aliphatic heterocycles. The van der Waals surface area contributed by atoms with E-state index in [1.807, 2.05) is 0 Å². The van der Waals surface area contributed by atoms with Gasteiger partial charge in [-0.3, -0.25) is 0 Å². The molecule has 0 fully saturated rings. The van der Waals surface area contributed by atoms with Crippen molar-refractivity contribution in [2.45, 2.75) is 0 Å². The Bertz CT molecular complexity index is 463. The number of carbonyl (C=O) groups excluding carboxylic acids is 2. The van der Waals surface area contributed by atoms with E-state index in [1.54, 1.807) is 0 Å². The first kappa shape index (κ1) is 13.3. The lowest BCUT2D eigenvalue weighted by Crippen LogP contribution is -2.45. The quantitative estimate of drug-likeness (QED) is 0.273. The van der Waals surface area contributed by atoms with Crippen molar-refractivity contribution < 1.29 is 9.59 Å². The first-order valence-electron chi connectivity index (χ1n) is 4.43. The maximum Gasteiger partial charge on any atom is 0.336 e. The number of hydrogen-bond acceptors (Lipinski definition) is 7. The number of primary amides is 2. The molecule has 0 spiro atoms. The maximum absolute atomic E-state index is 10.9. The molecule has 0 aromatic carbocycles. The summed E-state index contributed by atoms with van der Waals surface area (Å²) in [5.74, 6) is 10.0. The van der Waals surface area contributed by atoms with Gasteiger partial charge in [-0.05, 0) is 6.08 Å². The van der Waals surface area contributed by atoms with Gasteiger partial charge in [0, 0.05) is 0 Å². The van der Waals surface area contributed by atoms with Crippen molar-refractivity contribution in [3.05, 3.63) is 12.4 Å². The third kappa shape index (κ3) is 2.66. The van der Waals surface area contributed by atoms with Crippen LogP contribution in [0, 0.1) is 0 Å². The van der Waals surface area contributed by atoms with Gasteiger partial charge in [-0.1, -0.05) is 6.58 Å². The van der Waals surface area contributed by atoms with Gasteiger partial charge in [-0.2, -0.15) is 25.0 Å². The number of nitrogens with zero attached hydrogens (tertiary/aromatic N) is 5. The van der Waals surface area contributed by atoms with E-state index in [0.717, 1.165) is 0 Å². The van der Waals surface area contributed by atoms with Crippen molar-refractivity contribution >= 4 is 30.0 Å². The van der Waals surface area contributed by atoms with Crippen LogP contribution >= 0.6 is 0 Å². The van der Waals surface area contributed by atoms with E-state index in [9.17, 15) is 9.59 Å². The molecule has 1 heterocycles. The molecule has 0 aliphatic rings. The Morgan fingerprint density at radius 2 is 1.39 bits per heavy atom. The second-order valence-electron chi connectivity index (χ2n) is 2.91. The van der Waals surface area contributed by atoms with Crippen LogP contribution in [0.4, 0.5) is 21.5 Å². The fraction of sp³-hybridized carbons (Fsp3) is 0. The summed E-state index contributed by atoms with van der Waals surface area (Å²) < 4.78 is 0. The molecule has 1 aromatic rings. The molecule has 1 rings (SSSR count). The summed E-state index contributed by atoms with van der Waals surface area (Å²) in [6.45, 7) is 3.42. The fourth-order valence-electron chi connectivity index (χ4n) is 0.873. The van der Waals surface area contributed by atoms with Crippen molar-refractivity contribution in [1.82, 2.24) is 15.0 Å². The Kier molecular flexibility index (Phi) is 3.71. The standard InChI is InChI=1S/C7H11N9O2/c1-2-3-12-6(15(10)4(8)17)14-7(13-3)16(11)5(9)18/h2H,1,10-11H2,(H2,8,17)(H2,9,18). The zero-order valence-electron chi connectivity index (χ0n) is 9.15. The zero-order chi connectivity index (χ0) is 13.9. The number of hydrogen-bond donors (Lipinski definition) is 4. The van der Waals surface area contributed by atoms with E-state index in [-0.39, 0.29) is 17.7 Å². The number of amides is 4. The van der Waals surface area contributed by atoms with Gasteiger partial charge in [0.05, 0.1) is 0 Å². The van der Waals surface area contributed by atoms with E-state index in [1.165, 1.54) is 6.08 Å². The van der Waals surface area contributed by atoms with Gasteiger partial charge in [-0.25, -0.2) is 21.3 Å². The summed E-state index contributed by atoms with van der Waals surface area (Å²) in [5, 5.41) is 0.903. The van der Waals surface area contributed by atoms with Crippen LogP contribution < -0.4 is 33.2 Å². The predicted molar refractivity (Wildman–Crippen MR) is 62.4 cm³/mol. The molecule has 11 heteroatoms. The zero-order valence-corrected chi connectivity index (χ0v) is 9.15. The molecule has 0 radical (unpaired) electrons. The summed E-state index contributed by atoms with van der Waals surface area (Å²) in [7, 11) is 0. The number of hydrazine groups is 2. The van der Waals surface area contributed by atoms with Gasteiger partial charge in [0.1, 0.15) is 0 Å². The van der Waals surface area contributed by atoms with E-state index >= 15 is 0 Å². The Hall–Kier alpha value is -2.79. The van der Waals surface area contributed by atoms with Crippen LogP contribution in [-0.2, 0) is 0 Å². The lowest BCUT2D eigenvalue weighted by atomic mass is 10.6. The van der Waals surface area contributed by atoms with Crippen LogP contribution in [0.5, 0.6) is 0 Å². The summed E-state index contributed by atoms with van der Waals surface area (Å²) in [4.78, 5) is 32.9. The molecule has 0 saturated heterocycles. The first-order valence-corrected chi connectivity index (χ1v) is 4.43. The van der Waals surface area contributed by atoms with E-state index in [2.05, 4.69) is 21.5 Å². The van der Waals surface area contributed by atoms with E-state index in [4.69, 9.17) is 23.2 Å². The first-order chi connectivity index (χ1) is 8.36. The van der Waals surface area contributed by atoms with Crippen LogP contribution in [0.25, 0.3) is 6.08 Å². The normalized spacial score (nSPS) is 9.67. The number of aromatic nitrogens is 3. The Morgan fingerprint density at radius 1 is 1.00 bits per heavy atom. The van der Waals surface area contributed by atoms with Crippen LogP contribution in [0.15, 0.2) is 6.58 Å². The molecule has 8 N–H and O–H groups in total. The minimum Gasteiger partial charge on any atom is -0.350 e. The van der Waals surface area contributed by atoms with Gasteiger partial charge in [-0.15, -0.1) is 0 Å². The van der Waals surface area contributed by atoms with Crippen molar-refractivity contribution in [2.24, 2.45) is 23.2 Å². The second-order valence-corrected chi connectivity index (χ2v) is 2.91. The Balaban J connectivity index is 3.29. The van der Waals surface area contributed by atoms with Gasteiger partial charge in [0.15, 0.2) is 5.82 Å². The minimum absolute atomic E-state index is 0.0309. The highest BCUT2D eigenvalue weighted by Crippen LogP contribution is 2.10. The van der Waals surface area contributed by atoms with Gasteiger partial charge < -0.3 is 11.5 Å². The van der Waals surface area contributed by atoms with Crippen LogP contribution in [0.2, 0.25) is 0 Å². The van der Waals surface area contributed by atoms with Crippen molar-refractivity contribution in [3.8, 4) is 0 Å². The minimum atomic E-state index is -1.01. The molecule has 0 aliphatic carbocycles. The smallest absolute Gasteiger partial charge is 0.336 e. The molecular weight excluding hydrogens is 242 g/mol. The predicted octanol–water partition coefficient (Wildman–Crippen LogP) is -1.97. The number of anilines is 2. The average molecular weight is 253 g/mol. The third-order valence-corrected chi connectivity index (χ3v) is 1.72. The Morgan fingerprint density at radius 3 is 1.67 bits per heavy atom. The summed E-state index contributed by atoms with van der Waals surface area (Å²) in [5.41, 5.74) is 9.89. The van der Waals surface area contributed by atoms with Crippen LogP contribution in [0.1, 0.15) is 5.82 Å². The van der Waals surface area contributed by atoms with E-state index in [0.29, 0.717) is 10.0 Å². The highest BCUT2D eigenvalue weighted by Gasteiger charge is 2.18. The van der Waals surface area contributed by atoms with Crippen molar-refractivity contribution in [1.29, 1.82) is 0 Å². The largest absolute Gasteiger partial charge is 0.350 e. The number of nitrogens with two attached hydrogens (primary N) is 4. The molecule has 18 heavy (non-hydrogen) atoms. The molecular formula is C7H11N9O2. The molecule has 4 amide bonds. The lowest BCUT2D eigenvalue weighted by Gasteiger charge is -2.15. The second kappa shape index (κ2) is 5.03. The monoisotopic (exact) mass is 253 g/mol. The molecule has 1 aromatic heterocycles. The SMILES string of the molecule is C=Cc1nc(N(N)C(N)=O)nc(N(N)C(N)=O)n1. The number of carbonyl (C=O) groups is 2. The van der Waals surface area contributed by atoms with Crippen LogP contribution in [0.3, 0.4) is 0 Å². The highest BCUT2D eigenvalue weighted by molar-refractivity contribution is 5.89. The molecule has 0 unspecified atom stereocenters. The van der Waals surface area contributed by atoms with Crippen molar-refractivity contribution in [3.63, 3.8) is 0 Å². The van der Waals surface area contributed by atoms with Crippen LogP contribution in [-0.4, -0.2) is 27.0 Å². The van der Waals surface area contributed by atoms with Gasteiger partial charge in [0.2, 0.25) is 0 Å². The maximum atomic E-state index is 10.9. The fourth-order valence-corrected chi connectivity index (χ4v) is 0.873. The number of rotatable bonds is 3. The topological polar surface area (TPSA) is 183 Å². The third-order valence-electron chi connectivity index (χ3n) is 1.72. The number of urea groups is 2. The Labute approximate surface area is 101 Å². The average Bonchev–Trinajstić information content (AvgIpc) is 2.35. The molecule has 0 atom stereocenters. The van der Waals surface area contributed by atoms with E-state index < -0.39 is 12.1 Å². The highest BCUT2D eigenvalue weighted by atomic mass is 16.2. The van der Waals surface area contributed by atoms with Gasteiger partial charge in [0.25, 0.3) is 11.9 Å². The summed E-state index contributed by atoms with van der Waals surface area (Å²) >= 11 is 0. The summed E-state index contributed by atoms with van der Waals surface area (Å²) in [6, 6.07) is -2.02. The van der Waals surface area contributed by atoms with Crippen molar-refractivity contribution in [2.75, 3.05) is 10.0 Å². The molecule has 0 bridgehead atoms. The lowest BCUT2D eigenvalue weighted by molar-refractivity contribution is 0.253. The molecule has 96 valence electrons. The summed E-state index contributed by atoms with van der Waals surface area (Å²) in [6.07, 6.45) is 1.23. The molecule has 11 nitrogen and oxygen atoms in total.